The molecule has 2 rings (SSSR count). The third kappa shape index (κ3) is 5.46. The summed E-state index contributed by atoms with van der Waals surface area (Å²) >= 11 is 5.73. The van der Waals surface area contributed by atoms with Gasteiger partial charge < -0.3 is 21.4 Å². The molecule has 1 amide bonds. The van der Waals surface area contributed by atoms with E-state index >= 15 is 0 Å². The Labute approximate surface area is 152 Å². The molecule has 5 nitrogen and oxygen atoms in total. The molecule has 136 valence electrons. The minimum atomic E-state index is -0.382. The fourth-order valence-electron chi connectivity index (χ4n) is 3.05. The number of nitrogens with two attached hydrogens (primary N) is 1. The van der Waals surface area contributed by atoms with E-state index in [9.17, 15) is 9.18 Å². The second kappa shape index (κ2) is 9.42. The maximum Gasteiger partial charge on any atom is 0.254 e. The van der Waals surface area contributed by atoms with Crippen molar-refractivity contribution >= 4 is 29.4 Å². The third-order valence-corrected chi connectivity index (χ3v) is 4.86. The first-order valence-corrected chi connectivity index (χ1v) is 8.83. The van der Waals surface area contributed by atoms with Gasteiger partial charge in [0.05, 0.1) is 10.6 Å². The van der Waals surface area contributed by atoms with Crippen LogP contribution in [0.2, 0.25) is 5.02 Å². The number of carbonyl (C=O) groups excluding carboxylic acids is 1. The zero-order valence-electron chi connectivity index (χ0n) is 14.1. The summed E-state index contributed by atoms with van der Waals surface area (Å²) in [6.45, 7) is 2.37. The molecule has 7 heteroatoms. The van der Waals surface area contributed by atoms with Gasteiger partial charge >= 0.3 is 0 Å². The van der Waals surface area contributed by atoms with Crippen molar-refractivity contribution in [3.05, 3.63) is 40.8 Å². The van der Waals surface area contributed by atoms with Crippen molar-refractivity contribution in [3.8, 4) is 0 Å². The maximum atomic E-state index is 13.6. The van der Waals surface area contributed by atoms with Gasteiger partial charge in [0.15, 0.2) is 0 Å². The van der Waals surface area contributed by atoms with Crippen LogP contribution in [0.15, 0.2) is 30.0 Å². The molecule has 1 aliphatic rings. The molecule has 1 heterocycles. The van der Waals surface area contributed by atoms with Crippen molar-refractivity contribution in [1.29, 1.82) is 5.41 Å². The van der Waals surface area contributed by atoms with Gasteiger partial charge in [0.2, 0.25) is 0 Å². The SMILES string of the molecule is N=CC(=CN)C(=O)NCCCC1CCN(c2ccc(Cl)c(F)c2)CC1. The molecule has 0 spiro atoms. The molecular formula is C18H24ClFN4O. The Kier molecular flexibility index (Phi) is 7.25. The normalized spacial score (nSPS) is 15.9. The molecule has 0 atom stereocenters. The van der Waals surface area contributed by atoms with Crippen molar-refractivity contribution in [2.75, 3.05) is 24.5 Å². The Balaban J connectivity index is 1.69. The monoisotopic (exact) mass is 366 g/mol. The van der Waals surface area contributed by atoms with Crippen LogP contribution in [0.1, 0.15) is 25.7 Å². The number of amides is 1. The molecule has 1 aromatic rings. The van der Waals surface area contributed by atoms with E-state index in [0.29, 0.717) is 12.5 Å². The molecule has 1 fully saturated rings. The predicted molar refractivity (Wildman–Crippen MR) is 99.6 cm³/mol. The van der Waals surface area contributed by atoms with E-state index in [1.165, 1.54) is 6.07 Å². The van der Waals surface area contributed by atoms with Gasteiger partial charge in [0, 0.05) is 37.7 Å². The number of benzene rings is 1. The molecule has 0 aromatic heterocycles. The molecule has 0 radical (unpaired) electrons. The van der Waals surface area contributed by atoms with Gasteiger partial charge in [-0.3, -0.25) is 4.79 Å². The lowest BCUT2D eigenvalue weighted by Crippen LogP contribution is -2.34. The van der Waals surface area contributed by atoms with Crippen LogP contribution in [0.5, 0.6) is 0 Å². The van der Waals surface area contributed by atoms with Crippen LogP contribution < -0.4 is 16.0 Å². The molecule has 0 saturated carbocycles. The third-order valence-electron chi connectivity index (χ3n) is 4.55. The number of hydrogen-bond donors (Lipinski definition) is 3. The van der Waals surface area contributed by atoms with Gasteiger partial charge in [-0.1, -0.05) is 11.6 Å². The fraction of sp³-hybridized carbons (Fsp3) is 0.444. The van der Waals surface area contributed by atoms with Gasteiger partial charge in [0.1, 0.15) is 5.82 Å². The summed E-state index contributed by atoms with van der Waals surface area (Å²) in [5, 5.41) is 9.99. The zero-order valence-corrected chi connectivity index (χ0v) is 14.9. The van der Waals surface area contributed by atoms with Crippen LogP contribution in [-0.2, 0) is 4.79 Å². The van der Waals surface area contributed by atoms with Crippen molar-refractivity contribution in [2.24, 2.45) is 11.7 Å². The van der Waals surface area contributed by atoms with E-state index in [1.54, 1.807) is 6.07 Å². The van der Waals surface area contributed by atoms with Crippen molar-refractivity contribution in [2.45, 2.75) is 25.7 Å². The summed E-state index contributed by atoms with van der Waals surface area (Å²) < 4.78 is 13.6. The number of hydrogen-bond acceptors (Lipinski definition) is 4. The molecule has 1 saturated heterocycles. The predicted octanol–water partition coefficient (Wildman–Crippen LogP) is 3.08. The Morgan fingerprint density at radius 1 is 1.44 bits per heavy atom. The number of halogens is 2. The van der Waals surface area contributed by atoms with E-state index in [0.717, 1.165) is 56.9 Å². The van der Waals surface area contributed by atoms with Crippen molar-refractivity contribution < 1.29 is 9.18 Å². The highest BCUT2D eigenvalue weighted by atomic mass is 35.5. The van der Waals surface area contributed by atoms with E-state index in [4.69, 9.17) is 22.7 Å². The molecule has 0 bridgehead atoms. The molecule has 4 N–H and O–H groups in total. The Hall–Kier alpha value is -2.08. The van der Waals surface area contributed by atoms with Crippen LogP contribution >= 0.6 is 11.6 Å². The summed E-state index contributed by atoms with van der Waals surface area (Å²) in [4.78, 5) is 13.8. The minimum Gasteiger partial charge on any atom is -0.404 e. The Morgan fingerprint density at radius 3 is 2.76 bits per heavy atom. The molecule has 0 aliphatic carbocycles. The first kappa shape index (κ1) is 19.2. The largest absolute Gasteiger partial charge is 0.404 e. The summed E-state index contributed by atoms with van der Waals surface area (Å²) in [5.74, 6) is -0.0810. The second-order valence-corrected chi connectivity index (χ2v) is 6.60. The van der Waals surface area contributed by atoms with E-state index in [-0.39, 0.29) is 22.3 Å². The van der Waals surface area contributed by atoms with Gasteiger partial charge in [-0.25, -0.2) is 4.39 Å². The molecule has 1 aromatic carbocycles. The summed E-state index contributed by atoms with van der Waals surface area (Å²) in [6, 6.07) is 4.94. The van der Waals surface area contributed by atoms with Crippen LogP contribution in [0, 0.1) is 17.1 Å². The number of anilines is 1. The first-order valence-electron chi connectivity index (χ1n) is 8.45. The van der Waals surface area contributed by atoms with Gasteiger partial charge in [-0.15, -0.1) is 0 Å². The molecular weight excluding hydrogens is 343 g/mol. The lowest BCUT2D eigenvalue weighted by Gasteiger charge is -2.33. The first-order chi connectivity index (χ1) is 12.0. The van der Waals surface area contributed by atoms with Gasteiger partial charge in [-0.2, -0.15) is 0 Å². The molecule has 1 aliphatic heterocycles. The highest BCUT2D eigenvalue weighted by molar-refractivity contribution is 6.30. The van der Waals surface area contributed by atoms with Gasteiger partial charge in [-0.05, 0) is 49.8 Å². The van der Waals surface area contributed by atoms with E-state index < -0.39 is 0 Å². The van der Waals surface area contributed by atoms with Crippen LogP contribution in [0.4, 0.5) is 10.1 Å². The number of carbonyl (C=O) groups is 1. The maximum absolute atomic E-state index is 13.6. The van der Waals surface area contributed by atoms with Crippen molar-refractivity contribution in [1.82, 2.24) is 5.32 Å². The van der Waals surface area contributed by atoms with Gasteiger partial charge in [0.25, 0.3) is 5.91 Å². The minimum absolute atomic E-state index is 0.149. The average molecular weight is 367 g/mol. The fourth-order valence-corrected chi connectivity index (χ4v) is 3.16. The number of nitrogens with zero attached hydrogens (tertiary/aromatic N) is 1. The molecule has 0 unspecified atom stereocenters. The summed E-state index contributed by atoms with van der Waals surface area (Å²) in [6.07, 6.45) is 6.11. The average Bonchev–Trinajstić information content (AvgIpc) is 2.62. The lowest BCUT2D eigenvalue weighted by atomic mass is 9.92. The summed E-state index contributed by atoms with van der Waals surface area (Å²) in [7, 11) is 0. The number of rotatable bonds is 7. The van der Waals surface area contributed by atoms with Crippen LogP contribution in [-0.4, -0.2) is 31.8 Å². The molecule has 25 heavy (non-hydrogen) atoms. The topological polar surface area (TPSA) is 82.2 Å². The zero-order chi connectivity index (χ0) is 18.2. The Bertz CT molecular complexity index is 642. The quantitative estimate of drug-likeness (QED) is 0.394. The van der Waals surface area contributed by atoms with Crippen LogP contribution in [0.25, 0.3) is 0 Å². The number of piperidine rings is 1. The van der Waals surface area contributed by atoms with Crippen molar-refractivity contribution in [3.63, 3.8) is 0 Å². The smallest absolute Gasteiger partial charge is 0.254 e. The van der Waals surface area contributed by atoms with E-state index in [2.05, 4.69) is 10.2 Å². The lowest BCUT2D eigenvalue weighted by molar-refractivity contribution is -0.117. The Morgan fingerprint density at radius 2 is 2.16 bits per heavy atom. The standard InChI is InChI=1S/C18H24ClFN4O/c19-16-4-3-15(10-17(16)20)24-8-5-13(6-9-24)2-1-7-23-18(25)14(11-21)12-22/h3-4,10-13,21H,1-2,5-9,22H2,(H,23,25). The van der Waals surface area contributed by atoms with Crippen LogP contribution in [0.3, 0.4) is 0 Å². The second-order valence-electron chi connectivity index (χ2n) is 6.19. The van der Waals surface area contributed by atoms with E-state index in [1.807, 2.05) is 6.07 Å². The highest BCUT2D eigenvalue weighted by Gasteiger charge is 2.20. The number of nitrogens with one attached hydrogen (secondary N) is 2. The highest BCUT2D eigenvalue weighted by Crippen LogP contribution is 2.28. The summed E-state index contributed by atoms with van der Waals surface area (Å²) in [5.41, 5.74) is 6.32.